The van der Waals surface area contributed by atoms with E-state index in [1.54, 1.807) is 24.3 Å². The zero-order valence-electron chi connectivity index (χ0n) is 18.4. The van der Waals surface area contributed by atoms with Crippen LogP contribution in [0, 0.1) is 0 Å². The van der Waals surface area contributed by atoms with E-state index in [0.717, 1.165) is 41.9 Å². The van der Waals surface area contributed by atoms with Crippen LogP contribution in [-0.4, -0.2) is 34.6 Å². The second-order valence-corrected chi connectivity index (χ2v) is 8.15. The van der Waals surface area contributed by atoms with Gasteiger partial charge in [0.05, 0.1) is 13.3 Å². The van der Waals surface area contributed by atoms with Crippen molar-refractivity contribution in [1.82, 2.24) is 15.0 Å². The summed E-state index contributed by atoms with van der Waals surface area (Å²) in [7, 11) is 1.61. The van der Waals surface area contributed by atoms with Crippen molar-refractivity contribution in [2.75, 3.05) is 13.7 Å². The van der Waals surface area contributed by atoms with E-state index in [9.17, 15) is 4.79 Å². The second-order valence-electron chi connectivity index (χ2n) is 8.15. The standard InChI is InChI=1S/C26H25N3O4/c1-31-20-11-7-10-19(15-20)22-16-24(33-28-22)26(30)29-13-6-5-12-23(29)25-27-17-21(32-25)14-18-8-3-2-4-9-18/h2-4,7-11,15-17,23H,5-6,12-14H2,1H3. The molecule has 1 aliphatic rings. The molecule has 7 heteroatoms. The maximum Gasteiger partial charge on any atom is 0.293 e. The molecule has 2 aromatic heterocycles. The Bertz CT molecular complexity index is 1230. The van der Waals surface area contributed by atoms with E-state index in [0.29, 0.717) is 24.6 Å². The van der Waals surface area contributed by atoms with Gasteiger partial charge in [0.25, 0.3) is 5.91 Å². The highest BCUT2D eigenvalue weighted by atomic mass is 16.5. The predicted octanol–water partition coefficient (Wildman–Crippen LogP) is 5.30. The van der Waals surface area contributed by atoms with Crippen LogP contribution in [0.15, 0.2) is 75.8 Å². The topological polar surface area (TPSA) is 81.6 Å². The number of carbonyl (C=O) groups excluding carboxylic acids is 1. The molecule has 0 bridgehead atoms. The van der Waals surface area contributed by atoms with Gasteiger partial charge in [-0.15, -0.1) is 0 Å². The molecule has 1 fully saturated rings. The number of carbonyl (C=O) groups is 1. The van der Waals surface area contributed by atoms with Crippen LogP contribution < -0.4 is 4.74 Å². The van der Waals surface area contributed by atoms with Crippen LogP contribution in [0.4, 0.5) is 0 Å². The molecule has 4 aromatic rings. The van der Waals surface area contributed by atoms with E-state index in [-0.39, 0.29) is 17.7 Å². The average molecular weight is 444 g/mol. The lowest BCUT2D eigenvalue weighted by Gasteiger charge is -2.32. The number of nitrogens with zero attached hydrogens (tertiary/aromatic N) is 3. The van der Waals surface area contributed by atoms with Crippen molar-refractivity contribution in [1.29, 1.82) is 0 Å². The largest absolute Gasteiger partial charge is 0.497 e. The maximum absolute atomic E-state index is 13.3. The number of aromatic nitrogens is 2. The molecule has 1 aliphatic heterocycles. The molecule has 2 aromatic carbocycles. The van der Waals surface area contributed by atoms with E-state index >= 15 is 0 Å². The van der Waals surface area contributed by atoms with Crippen LogP contribution in [-0.2, 0) is 6.42 Å². The monoisotopic (exact) mass is 443 g/mol. The zero-order chi connectivity index (χ0) is 22.6. The number of likely N-dealkylation sites (tertiary alicyclic amines) is 1. The lowest BCUT2D eigenvalue weighted by Crippen LogP contribution is -2.38. The maximum atomic E-state index is 13.3. The Kier molecular flexibility index (Phi) is 5.93. The summed E-state index contributed by atoms with van der Waals surface area (Å²) in [4.78, 5) is 19.6. The first kappa shape index (κ1) is 21.0. The van der Waals surface area contributed by atoms with Gasteiger partial charge in [0.1, 0.15) is 23.2 Å². The number of oxazole rings is 1. The Hall–Kier alpha value is -3.87. The number of hydrogen-bond donors (Lipinski definition) is 0. The quantitative estimate of drug-likeness (QED) is 0.402. The summed E-state index contributed by atoms with van der Waals surface area (Å²) in [6.45, 7) is 0.620. The Labute approximate surface area is 192 Å². The molecule has 1 unspecified atom stereocenters. The van der Waals surface area contributed by atoms with Gasteiger partial charge in [0.15, 0.2) is 0 Å². The first-order chi connectivity index (χ1) is 16.2. The molecule has 3 heterocycles. The van der Waals surface area contributed by atoms with E-state index in [1.807, 2.05) is 42.5 Å². The summed E-state index contributed by atoms with van der Waals surface area (Å²) in [5.41, 5.74) is 2.57. The molecule has 33 heavy (non-hydrogen) atoms. The highest BCUT2D eigenvalue weighted by Gasteiger charge is 2.33. The molecule has 0 saturated carbocycles. The Morgan fingerprint density at radius 1 is 1.12 bits per heavy atom. The van der Waals surface area contributed by atoms with Crippen molar-refractivity contribution in [3.8, 4) is 17.0 Å². The number of rotatable bonds is 6. The molecular formula is C26H25N3O4. The molecule has 0 spiro atoms. The van der Waals surface area contributed by atoms with Crippen LogP contribution in [0.5, 0.6) is 5.75 Å². The van der Waals surface area contributed by atoms with Crippen molar-refractivity contribution in [2.45, 2.75) is 31.7 Å². The number of piperidine rings is 1. The van der Waals surface area contributed by atoms with Gasteiger partial charge in [-0.25, -0.2) is 4.98 Å². The summed E-state index contributed by atoms with van der Waals surface area (Å²) in [6, 6.07) is 19.1. The lowest BCUT2D eigenvalue weighted by atomic mass is 10.0. The van der Waals surface area contributed by atoms with Crippen molar-refractivity contribution in [3.05, 3.63) is 89.8 Å². The Morgan fingerprint density at radius 3 is 2.85 bits per heavy atom. The van der Waals surface area contributed by atoms with Crippen molar-refractivity contribution in [3.63, 3.8) is 0 Å². The third-order valence-corrected chi connectivity index (χ3v) is 5.93. The van der Waals surface area contributed by atoms with E-state index in [1.165, 1.54) is 0 Å². The molecule has 7 nitrogen and oxygen atoms in total. The van der Waals surface area contributed by atoms with E-state index in [2.05, 4.69) is 22.3 Å². The fourth-order valence-electron chi connectivity index (χ4n) is 4.22. The fourth-order valence-corrected chi connectivity index (χ4v) is 4.22. The zero-order valence-corrected chi connectivity index (χ0v) is 18.4. The third kappa shape index (κ3) is 4.53. The molecular weight excluding hydrogens is 418 g/mol. The summed E-state index contributed by atoms with van der Waals surface area (Å²) in [5, 5.41) is 4.11. The van der Waals surface area contributed by atoms with Gasteiger partial charge < -0.3 is 18.6 Å². The van der Waals surface area contributed by atoms with Crippen molar-refractivity contribution < 1.29 is 18.5 Å². The normalized spacial score (nSPS) is 16.0. The summed E-state index contributed by atoms with van der Waals surface area (Å²) in [5.74, 6) is 2.07. The second kappa shape index (κ2) is 9.32. The Morgan fingerprint density at radius 2 is 2.00 bits per heavy atom. The van der Waals surface area contributed by atoms with Crippen LogP contribution in [0.3, 0.4) is 0 Å². The fraction of sp³-hybridized carbons (Fsp3) is 0.269. The lowest BCUT2D eigenvalue weighted by molar-refractivity contribution is 0.0528. The van der Waals surface area contributed by atoms with Gasteiger partial charge in [-0.2, -0.15) is 0 Å². The number of hydrogen-bond acceptors (Lipinski definition) is 6. The molecule has 1 atom stereocenters. The van der Waals surface area contributed by atoms with Crippen LogP contribution in [0.25, 0.3) is 11.3 Å². The van der Waals surface area contributed by atoms with Crippen LogP contribution in [0.2, 0.25) is 0 Å². The first-order valence-electron chi connectivity index (χ1n) is 11.1. The minimum Gasteiger partial charge on any atom is -0.497 e. The van der Waals surface area contributed by atoms with Crippen LogP contribution in [0.1, 0.15) is 53.1 Å². The smallest absolute Gasteiger partial charge is 0.293 e. The minimum absolute atomic E-state index is 0.204. The molecule has 5 rings (SSSR count). The third-order valence-electron chi connectivity index (χ3n) is 5.93. The molecule has 0 N–H and O–H groups in total. The van der Waals surface area contributed by atoms with Gasteiger partial charge >= 0.3 is 0 Å². The first-order valence-corrected chi connectivity index (χ1v) is 11.1. The number of benzene rings is 2. The summed E-state index contributed by atoms with van der Waals surface area (Å²) < 4.78 is 16.8. The van der Waals surface area contributed by atoms with Gasteiger partial charge in [-0.1, -0.05) is 47.6 Å². The summed E-state index contributed by atoms with van der Waals surface area (Å²) >= 11 is 0. The van der Waals surface area contributed by atoms with Crippen LogP contribution >= 0.6 is 0 Å². The summed E-state index contributed by atoms with van der Waals surface area (Å²) in [6.07, 6.45) is 5.16. The Balaban J connectivity index is 1.35. The molecule has 168 valence electrons. The molecule has 1 saturated heterocycles. The van der Waals surface area contributed by atoms with E-state index in [4.69, 9.17) is 13.7 Å². The number of methoxy groups -OCH3 is 1. The van der Waals surface area contributed by atoms with Gasteiger partial charge in [-0.3, -0.25) is 4.79 Å². The highest BCUT2D eigenvalue weighted by molar-refractivity contribution is 5.92. The minimum atomic E-state index is -0.221. The molecule has 0 radical (unpaired) electrons. The van der Waals surface area contributed by atoms with Gasteiger partial charge in [-0.05, 0) is 37.0 Å². The SMILES string of the molecule is COc1cccc(-c2cc(C(=O)N3CCCCC3c3ncc(Cc4ccccc4)o3)on2)c1. The molecule has 1 amide bonds. The number of amides is 1. The highest BCUT2D eigenvalue weighted by Crippen LogP contribution is 2.33. The predicted molar refractivity (Wildman–Crippen MR) is 122 cm³/mol. The van der Waals surface area contributed by atoms with Gasteiger partial charge in [0.2, 0.25) is 11.7 Å². The van der Waals surface area contributed by atoms with E-state index < -0.39 is 0 Å². The number of ether oxygens (including phenoxy) is 1. The van der Waals surface area contributed by atoms with Crippen molar-refractivity contribution in [2.24, 2.45) is 0 Å². The average Bonchev–Trinajstić information content (AvgIpc) is 3.55. The van der Waals surface area contributed by atoms with Crippen molar-refractivity contribution >= 4 is 5.91 Å². The van der Waals surface area contributed by atoms with Gasteiger partial charge in [0, 0.05) is 24.6 Å². The molecule has 0 aliphatic carbocycles.